The Kier molecular flexibility index (Phi) is 13.3. The van der Waals surface area contributed by atoms with E-state index in [1.165, 1.54) is 100 Å². The van der Waals surface area contributed by atoms with Gasteiger partial charge in [0.25, 0.3) is 0 Å². The number of carbonyl (C=O) groups excluding carboxylic acids is 1. The van der Waals surface area contributed by atoms with Crippen LogP contribution in [-0.2, 0) is 0 Å². The van der Waals surface area contributed by atoms with Crippen molar-refractivity contribution in [1.82, 2.24) is 0 Å². The first-order chi connectivity index (χ1) is 18.6. The second kappa shape index (κ2) is 16.7. The first-order valence-corrected chi connectivity index (χ1v) is 15.7. The minimum Gasteiger partial charge on any atom is -0.493 e. The number of Topliss-reactive ketones (excluding diaryl/α,β-unsaturated/α-hetero) is 1. The highest BCUT2D eigenvalue weighted by Crippen LogP contribution is 2.46. The molecule has 1 heterocycles. The van der Waals surface area contributed by atoms with Crippen molar-refractivity contribution >= 4 is 23.6 Å². The zero-order chi connectivity index (χ0) is 27.2. The maximum Gasteiger partial charge on any atom is 0.200 e. The predicted octanol–water partition coefficient (Wildman–Crippen LogP) is 10.6. The Hall–Kier alpha value is -2.20. The minimum atomic E-state index is 0.131. The van der Waals surface area contributed by atoms with Gasteiger partial charge < -0.3 is 9.47 Å². The fraction of sp³-hybridized carbons (Fsp3) is 0.559. The molecule has 38 heavy (non-hydrogen) atoms. The lowest BCUT2D eigenvalue weighted by Gasteiger charge is -2.19. The van der Waals surface area contributed by atoms with Crippen LogP contribution in [0.1, 0.15) is 131 Å². The van der Waals surface area contributed by atoms with Crippen LogP contribution >= 0.6 is 11.8 Å². The lowest BCUT2D eigenvalue weighted by atomic mass is 9.88. The summed E-state index contributed by atoms with van der Waals surface area (Å²) in [6, 6.07) is 12.1. The van der Waals surface area contributed by atoms with Crippen molar-refractivity contribution < 1.29 is 14.3 Å². The van der Waals surface area contributed by atoms with Crippen LogP contribution in [0.3, 0.4) is 0 Å². The molecule has 0 saturated heterocycles. The standard InChI is InChI=1S/C34H48O3S/c1-5-7-8-9-10-11-12-13-14-15-16-19-27(18-6-2)28-20-17-21-29-33(35)32(38-34(28)29)25-26-22-23-30(36-3)31(24-26)37-4/h17,20-25,27H,5-16,18-19H2,1-4H3. The molecule has 1 atom stereocenters. The number of fused-ring (bicyclic) bond motifs is 1. The number of ether oxygens (including phenoxy) is 2. The van der Waals surface area contributed by atoms with Crippen LogP contribution < -0.4 is 9.47 Å². The molecule has 208 valence electrons. The van der Waals surface area contributed by atoms with E-state index in [9.17, 15) is 4.79 Å². The normalized spacial score (nSPS) is 14.6. The summed E-state index contributed by atoms with van der Waals surface area (Å²) in [5.74, 6) is 2.02. The van der Waals surface area contributed by atoms with Crippen molar-refractivity contribution in [2.75, 3.05) is 14.2 Å². The van der Waals surface area contributed by atoms with Gasteiger partial charge in [-0.3, -0.25) is 4.79 Å². The van der Waals surface area contributed by atoms with Gasteiger partial charge in [-0.15, -0.1) is 0 Å². The van der Waals surface area contributed by atoms with E-state index in [4.69, 9.17) is 9.47 Å². The number of rotatable bonds is 18. The second-order valence-electron chi connectivity index (χ2n) is 10.6. The summed E-state index contributed by atoms with van der Waals surface area (Å²) in [6.07, 6.45) is 20.6. The Balaban J connectivity index is 1.58. The number of allylic oxidation sites excluding steroid dienone is 1. The van der Waals surface area contributed by atoms with Crippen LogP contribution in [-0.4, -0.2) is 20.0 Å². The third kappa shape index (κ3) is 8.66. The fourth-order valence-corrected chi connectivity index (χ4v) is 6.75. The highest BCUT2D eigenvalue weighted by molar-refractivity contribution is 8.05. The molecule has 0 aliphatic carbocycles. The Bertz CT molecular complexity index is 1040. The van der Waals surface area contributed by atoms with Gasteiger partial charge in [0, 0.05) is 10.5 Å². The second-order valence-corrected chi connectivity index (χ2v) is 11.6. The quantitative estimate of drug-likeness (QED) is 0.140. The molecule has 1 unspecified atom stereocenters. The molecule has 0 N–H and O–H groups in total. The van der Waals surface area contributed by atoms with E-state index in [0.717, 1.165) is 16.0 Å². The van der Waals surface area contributed by atoms with Gasteiger partial charge in [-0.2, -0.15) is 0 Å². The molecule has 1 aliphatic heterocycles. The number of carbonyl (C=O) groups is 1. The summed E-state index contributed by atoms with van der Waals surface area (Å²) in [5, 5.41) is 0. The number of hydrogen-bond donors (Lipinski definition) is 0. The number of thioether (sulfide) groups is 1. The van der Waals surface area contributed by atoms with Gasteiger partial charge in [-0.05, 0) is 54.2 Å². The molecule has 0 bridgehead atoms. The van der Waals surface area contributed by atoms with E-state index in [0.29, 0.717) is 17.4 Å². The molecule has 0 saturated carbocycles. The first kappa shape index (κ1) is 30.3. The summed E-state index contributed by atoms with van der Waals surface area (Å²) in [5.41, 5.74) is 3.17. The van der Waals surface area contributed by atoms with Crippen LogP contribution in [0.4, 0.5) is 0 Å². The highest BCUT2D eigenvalue weighted by Gasteiger charge is 2.30. The van der Waals surface area contributed by atoms with Gasteiger partial charge in [0.05, 0.1) is 19.1 Å². The van der Waals surface area contributed by atoms with Crippen LogP contribution in [0.25, 0.3) is 6.08 Å². The molecule has 2 aromatic rings. The van der Waals surface area contributed by atoms with E-state index >= 15 is 0 Å². The SMILES string of the molecule is CCCCCCCCCCCCCC(CCC)c1cccc2c1SC(=Cc1ccc(OC)c(OC)c1)C2=O. The van der Waals surface area contributed by atoms with Crippen LogP contribution in [0.15, 0.2) is 46.2 Å². The Morgan fingerprint density at radius 1 is 0.763 bits per heavy atom. The molecular formula is C34H48O3S. The van der Waals surface area contributed by atoms with Crippen molar-refractivity contribution in [3.8, 4) is 11.5 Å². The maximum atomic E-state index is 13.3. The van der Waals surface area contributed by atoms with Crippen LogP contribution in [0, 0.1) is 0 Å². The predicted molar refractivity (Wildman–Crippen MR) is 163 cm³/mol. The molecule has 1 aliphatic rings. The van der Waals surface area contributed by atoms with Gasteiger partial charge in [0.2, 0.25) is 5.78 Å². The van der Waals surface area contributed by atoms with Crippen molar-refractivity contribution in [2.45, 2.75) is 115 Å². The van der Waals surface area contributed by atoms with Gasteiger partial charge >= 0.3 is 0 Å². The number of benzene rings is 2. The molecule has 0 radical (unpaired) electrons. The van der Waals surface area contributed by atoms with Crippen LogP contribution in [0.5, 0.6) is 11.5 Å². The minimum absolute atomic E-state index is 0.131. The van der Waals surface area contributed by atoms with Crippen molar-refractivity contribution in [2.24, 2.45) is 0 Å². The first-order valence-electron chi connectivity index (χ1n) is 14.9. The van der Waals surface area contributed by atoms with Gasteiger partial charge in [-0.25, -0.2) is 0 Å². The molecule has 0 spiro atoms. The molecule has 0 fully saturated rings. The van der Waals surface area contributed by atoms with Gasteiger partial charge in [-0.1, -0.05) is 121 Å². The fourth-order valence-electron chi connectivity index (χ4n) is 5.51. The molecule has 2 aromatic carbocycles. The lowest BCUT2D eigenvalue weighted by molar-refractivity contribution is 0.104. The largest absolute Gasteiger partial charge is 0.493 e. The third-order valence-electron chi connectivity index (χ3n) is 7.66. The van der Waals surface area contributed by atoms with E-state index in [1.807, 2.05) is 30.3 Å². The Labute approximate surface area is 235 Å². The lowest BCUT2D eigenvalue weighted by Crippen LogP contribution is -2.02. The van der Waals surface area contributed by atoms with Crippen molar-refractivity contribution in [1.29, 1.82) is 0 Å². The monoisotopic (exact) mass is 536 g/mol. The zero-order valence-corrected chi connectivity index (χ0v) is 25.0. The third-order valence-corrected chi connectivity index (χ3v) is 8.85. The Morgan fingerprint density at radius 3 is 2.05 bits per heavy atom. The number of ketones is 1. The highest BCUT2D eigenvalue weighted by atomic mass is 32.2. The molecule has 3 rings (SSSR count). The average Bonchev–Trinajstić information content (AvgIpc) is 3.26. The van der Waals surface area contributed by atoms with Gasteiger partial charge in [0.1, 0.15) is 0 Å². The van der Waals surface area contributed by atoms with Gasteiger partial charge in [0.15, 0.2) is 11.5 Å². The number of unbranched alkanes of at least 4 members (excludes halogenated alkanes) is 10. The van der Waals surface area contributed by atoms with E-state index in [-0.39, 0.29) is 5.78 Å². The summed E-state index contributed by atoms with van der Waals surface area (Å²) in [7, 11) is 3.27. The van der Waals surface area contributed by atoms with Crippen molar-refractivity contribution in [3.63, 3.8) is 0 Å². The number of hydrogen-bond acceptors (Lipinski definition) is 4. The van der Waals surface area contributed by atoms with E-state index in [1.54, 1.807) is 26.0 Å². The maximum absolute atomic E-state index is 13.3. The van der Waals surface area contributed by atoms with Crippen molar-refractivity contribution in [3.05, 3.63) is 58.0 Å². The van der Waals surface area contributed by atoms with Crippen LogP contribution in [0.2, 0.25) is 0 Å². The smallest absolute Gasteiger partial charge is 0.200 e. The summed E-state index contributed by atoms with van der Waals surface area (Å²) in [4.78, 5) is 15.3. The molecule has 3 nitrogen and oxygen atoms in total. The molecule has 0 amide bonds. The topological polar surface area (TPSA) is 35.5 Å². The zero-order valence-electron chi connectivity index (χ0n) is 24.2. The summed E-state index contributed by atoms with van der Waals surface area (Å²) >= 11 is 1.64. The molecule has 0 aromatic heterocycles. The summed E-state index contributed by atoms with van der Waals surface area (Å²) in [6.45, 7) is 4.56. The number of methoxy groups -OCH3 is 2. The van der Waals surface area contributed by atoms with E-state index in [2.05, 4.69) is 26.0 Å². The summed E-state index contributed by atoms with van der Waals surface area (Å²) < 4.78 is 10.8. The average molecular weight is 537 g/mol. The van der Waals surface area contributed by atoms with E-state index < -0.39 is 0 Å². The molecular weight excluding hydrogens is 488 g/mol. The molecule has 4 heteroatoms. The Morgan fingerprint density at radius 2 is 1.42 bits per heavy atom.